The zero-order chi connectivity index (χ0) is 17.5. The normalized spacial score (nSPS) is 34.3. The monoisotopic (exact) mass is 326 g/mol. The lowest BCUT2D eigenvalue weighted by atomic mass is 9.59. The number of fused-ring (bicyclic) bond motifs is 3. The van der Waals surface area contributed by atoms with E-state index < -0.39 is 6.16 Å². The SMILES string of the molecule is COC(=O)OC1CC2(NC(C)(C)C)CCC1(NC(C)(C)C)CC2. The first-order chi connectivity index (χ1) is 10.4. The molecule has 0 saturated heterocycles. The van der Waals surface area contributed by atoms with E-state index in [0.717, 1.165) is 32.1 Å². The lowest BCUT2D eigenvalue weighted by Crippen LogP contribution is -2.73. The molecule has 0 spiro atoms. The van der Waals surface area contributed by atoms with Crippen LogP contribution in [0.4, 0.5) is 4.79 Å². The molecule has 2 bridgehead atoms. The van der Waals surface area contributed by atoms with Gasteiger partial charge in [0.1, 0.15) is 6.10 Å². The highest BCUT2D eigenvalue weighted by Gasteiger charge is 2.57. The van der Waals surface area contributed by atoms with Crippen molar-refractivity contribution in [2.24, 2.45) is 0 Å². The van der Waals surface area contributed by atoms with Crippen LogP contribution in [0.1, 0.15) is 73.6 Å². The van der Waals surface area contributed by atoms with Gasteiger partial charge in [0.15, 0.2) is 0 Å². The van der Waals surface area contributed by atoms with E-state index in [2.05, 4.69) is 52.2 Å². The van der Waals surface area contributed by atoms with Gasteiger partial charge < -0.3 is 20.1 Å². The van der Waals surface area contributed by atoms with Gasteiger partial charge in [0, 0.05) is 23.0 Å². The van der Waals surface area contributed by atoms with Crippen LogP contribution in [0.3, 0.4) is 0 Å². The van der Waals surface area contributed by atoms with Gasteiger partial charge in [-0.2, -0.15) is 0 Å². The van der Waals surface area contributed by atoms with Crippen molar-refractivity contribution in [3.05, 3.63) is 0 Å². The van der Waals surface area contributed by atoms with Crippen LogP contribution >= 0.6 is 0 Å². The minimum absolute atomic E-state index is 0.0213. The van der Waals surface area contributed by atoms with Gasteiger partial charge in [-0.05, 0) is 67.2 Å². The Kier molecular flexibility index (Phi) is 4.77. The third-order valence-corrected chi connectivity index (χ3v) is 4.96. The first-order valence-electron chi connectivity index (χ1n) is 8.72. The number of carbonyl (C=O) groups is 1. The fraction of sp³-hybridized carbons (Fsp3) is 0.944. The van der Waals surface area contributed by atoms with Gasteiger partial charge in [-0.25, -0.2) is 4.79 Å². The minimum atomic E-state index is -0.580. The molecule has 23 heavy (non-hydrogen) atoms. The van der Waals surface area contributed by atoms with Crippen LogP contribution in [-0.4, -0.2) is 41.5 Å². The summed E-state index contributed by atoms with van der Waals surface area (Å²) in [5, 5.41) is 7.56. The Bertz CT molecular complexity index is 440. The Morgan fingerprint density at radius 1 is 0.957 bits per heavy atom. The molecule has 0 aromatic carbocycles. The molecule has 3 rings (SSSR count). The molecule has 2 N–H and O–H groups in total. The minimum Gasteiger partial charge on any atom is -0.438 e. The number of hydrogen-bond acceptors (Lipinski definition) is 5. The lowest BCUT2D eigenvalue weighted by Gasteiger charge is -2.60. The first kappa shape index (κ1) is 18.5. The second-order valence-electron chi connectivity index (χ2n) is 9.45. The molecule has 0 heterocycles. The van der Waals surface area contributed by atoms with Crippen LogP contribution < -0.4 is 10.6 Å². The van der Waals surface area contributed by atoms with Gasteiger partial charge >= 0.3 is 6.16 Å². The summed E-state index contributed by atoms with van der Waals surface area (Å²) in [4.78, 5) is 11.8. The fourth-order valence-electron chi connectivity index (χ4n) is 4.49. The number of rotatable bonds is 3. The summed E-state index contributed by atoms with van der Waals surface area (Å²) in [5.74, 6) is 0. The molecule has 0 aliphatic heterocycles. The first-order valence-corrected chi connectivity index (χ1v) is 8.72. The maximum Gasteiger partial charge on any atom is 0.508 e. The number of hydrogen-bond donors (Lipinski definition) is 2. The Hall–Kier alpha value is -0.810. The molecule has 0 amide bonds. The Balaban J connectivity index is 2.24. The third kappa shape index (κ3) is 4.38. The van der Waals surface area contributed by atoms with Gasteiger partial charge in [-0.3, -0.25) is 0 Å². The third-order valence-electron chi connectivity index (χ3n) is 4.96. The standard InChI is InChI=1S/C18H34N2O3/c1-15(2,3)19-17-8-10-18(11-9-17,20-16(4,5)6)13(12-17)23-14(21)22-7/h13,19-20H,8-12H2,1-7H3. The van der Waals surface area contributed by atoms with Gasteiger partial charge in [-0.1, -0.05) is 0 Å². The molecule has 1 atom stereocenters. The zero-order valence-electron chi connectivity index (χ0n) is 15.8. The maximum absolute atomic E-state index is 11.8. The molecular weight excluding hydrogens is 292 g/mol. The maximum atomic E-state index is 11.8. The topological polar surface area (TPSA) is 59.6 Å². The molecular formula is C18H34N2O3. The second kappa shape index (κ2) is 5.92. The molecule has 5 heteroatoms. The molecule has 134 valence electrons. The highest BCUT2D eigenvalue weighted by atomic mass is 16.7. The number of methoxy groups -OCH3 is 1. The van der Waals surface area contributed by atoms with Crippen molar-refractivity contribution in [3.8, 4) is 0 Å². The summed E-state index contributed by atoms with van der Waals surface area (Å²) in [6.07, 6.45) is 4.32. The number of nitrogens with one attached hydrogen (secondary N) is 2. The average Bonchev–Trinajstić information content (AvgIpc) is 2.37. The van der Waals surface area contributed by atoms with Crippen LogP contribution in [0.5, 0.6) is 0 Å². The second-order valence-corrected chi connectivity index (χ2v) is 9.45. The van der Waals surface area contributed by atoms with Crippen LogP contribution in [0.2, 0.25) is 0 Å². The van der Waals surface area contributed by atoms with E-state index in [4.69, 9.17) is 9.47 Å². The smallest absolute Gasteiger partial charge is 0.438 e. The molecule has 0 aromatic rings. The predicted octanol–water partition coefficient (Wildman–Crippen LogP) is 3.37. The Morgan fingerprint density at radius 2 is 1.48 bits per heavy atom. The summed E-state index contributed by atoms with van der Waals surface area (Å²) in [6, 6.07) is 0. The Labute approximate surface area is 140 Å². The van der Waals surface area contributed by atoms with E-state index in [1.54, 1.807) is 0 Å². The molecule has 3 saturated carbocycles. The Morgan fingerprint density at radius 3 is 1.91 bits per heavy atom. The highest BCUT2D eigenvalue weighted by Crippen LogP contribution is 2.49. The van der Waals surface area contributed by atoms with Gasteiger partial charge in [0.25, 0.3) is 0 Å². The van der Waals surface area contributed by atoms with E-state index in [9.17, 15) is 4.79 Å². The van der Waals surface area contributed by atoms with Gasteiger partial charge in [-0.15, -0.1) is 0 Å². The summed E-state index contributed by atoms with van der Waals surface area (Å²) in [7, 11) is 1.37. The molecule has 0 radical (unpaired) electrons. The fourth-order valence-corrected chi connectivity index (χ4v) is 4.49. The molecule has 1 unspecified atom stereocenters. The predicted molar refractivity (Wildman–Crippen MR) is 91.6 cm³/mol. The van der Waals surface area contributed by atoms with E-state index >= 15 is 0 Å². The summed E-state index contributed by atoms with van der Waals surface area (Å²) >= 11 is 0. The lowest BCUT2D eigenvalue weighted by molar-refractivity contribution is -0.0954. The summed E-state index contributed by atoms with van der Waals surface area (Å²) in [6.45, 7) is 13.1. The van der Waals surface area contributed by atoms with Gasteiger partial charge in [0.05, 0.1) is 12.6 Å². The van der Waals surface area contributed by atoms with Crippen molar-refractivity contribution in [1.82, 2.24) is 10.6 Å². The van der Waals surface area contributed by atoms with Crippen molar-refractivity contribution in [2.75, 3.05) is 7.11 Å². The van der Waals surface area contributed by atoms with E-state index in [0.29, 0.717) is 0 Å². The van der Waals surface area contributed by atoms with E-state index in [1.807, 2.05) is 0 Å². The van der Waals surface area contributed by atoms with Crippen LogP contribution in [0.15, 0.2) is 0 Å². The van der Waals surface area contributed by atoms with Gasteiger partial charge in [0.2, 0.25) is 0 Å². The zero-order valence-corrected chi connectivity index (χ0v) is 15.8. The van der Waals surface area contributed by atoms with Crippen molar-refractivity contribution in [1.29, 1.82) is 0 Å². The molecule has 3 aliphatic rings. The van der Waals surface area contributed by atoms with Crippen LogP contribution in [-0.2, 0) is 9.47 Å². The largest absolute Gasteiger partial charge is 0.508 e. The quantitative estimate of drug-likeness (QED) is 0.779. The van der Waals surface area contributed by atoms with Crippen molar-refractivity contribution < 1.29 is 14.3 Å². The number of carbonyl (C=O) groups excluding carboxylic acids is 1. The van der Waals surface area contributed by atoms with Crippen molar-refractivity contribution in [2.45, 2.75) is 102 Å². The van der Waals surface area contributed by atoms with Crippen molar-refractivity contribution >= 4 is 6.16 Å². The molecule has 3 fully saturated rings. The number of ether oxygens (including phenoxy) is 2. The molecule has 3 aliphatic carbocycles. The summed E-state index contributed by atoms with van der Waals surface area (Å²) < 4.78 is 10.5. The molecule has 0 aromatic heterocycles. The average molecular weight is 326 g/mol. The van der Waals surface area contributed by atoms with Crippen LogP contribution in [0.25, 0.3) is 0 Å². The summed E-state index contributed by atoms with van der Waals surface area (Å²) in [5.41, 5.74) is -0.0663. The highest BCUT2D eigenvalue weighted by molar-refractivity contribution is 5.60. The molecule has 5 nitrogen and oxygen atoms in total. The van der Waals surface area contributed by atoms with Crippen LogP contribution in [0, 0.1) is 0 Å². The van der Waals surface area contributed by atoms with Crippen molar-refractivity contribution in [3.63, 3.8) is 0 Å². The van der Waals surface area contributed by atoms with E-state index in [-0.39, 0.29) is 28.3 Å². The van der Waals surface area contributed by atoms with E-state index in [1.165, 1.54) is 7.11 Å².